The van der Waals surface area contributed by atoms with E-state index in [1.807, 2.05) is 13.8 Å². The smallest absolute Gasteiger partial charge is 0.177 e. The molecule has 0 amide bonds. The fourth-order valence-electron chi connectivity index (χ4n) is 2.56. The maximum absolute atomic E-state index is 12.2. The second kappa shape index (κ2) is 5.84. The van der Waals surface area contributed by atoms with Crippen molar-refractivity contribution in [1.82, 2.24) is 0 Å². The molecule has 0 radical (unpaired) electrons. The summed E-state index contributed by atoms with van der Waals surface area (Å²) in [5.74, 6) is 0.605. The van der Waals surface area contributed by atoms with Gasteiger partial charge in [-0.15, -0.1) is 11.3 Å². The van der Waals surface area contributed by atoms with Crippen molar-refractivity contribution < 1.29 is 4.79 Å². The van der Waals surface area contributed by atoms with Crippen LogP contribution in [-0.2, 0) is 0 Å². The van der Waals surface area contributed by atoms with Gasteiger partial charge in [0.1, 0.15) is 16.6 Å². The second-order valence-corrected chi connectivity index (χ2v) is 6.66. The highest BCUT2D eigenvalue weighted by Crippen LogP contribution is 2.41. The van der Waals surface area contributed by atoms with Gasteiger partial charge in [-0.25, -0.2) is 0 Å². The van der Waals surface area contributed by atoms with Crippen molar-refractivity contribution in [3.05, 3.63) is 10.4 Å². The molecule has 1 unspecified atom stereocenters. The summed E-state index contributed by atoms with van der Waals surface area (Å²) in [5.41, 5.74) is 6.88. The first-order chi connectivity index (χ1) is 9.49. The summed E-state index contributed by atoms with van der Waals surface area (Å²) in [5, 5.41) is 10.2. The Morgan fingerprint density at radius 3 is 2.80 bits per heavy atom. The van der Waals surface area contributed by atoms with Crippen LogP contribution in [0.4, 0.5) is 10.7 Å². The minimum atomic E-state index is -0.0997. The van der Waals surface area contributed by atoms with Gasteiger partial charge in [0.15, 0.2) is 5.78 Å². The Kier molecular flexibility index (Phi) is 4.34. The molecule has 108 valence electrons. The van der Waals surface area contributed by atoms with Crippen LogP contribution in [0.25, 0.3) is 0 Å². The van der Waals surface area contributed by atoms with E-state index >= 15 is 0 Å². The lowest BCUT2D eigenvalue weighted by molar-refractivity contribution is 0.0944. The van der Waals surface area contributed by atoms with E-state index in [9.17, 15) is 10.1 Å². The molecule has 0 spiro atoms. The molecule has 0 saturated carbocycles. The third-order valence-electron chi connectivity index (χ3n) is 3.94. The van der Waals surface area contributed by atoms with Gasteiger partial charge in [-0.3, -0.25) is 4.79 Å². The number of Topliss-reactive ketones (excluding diaryl/α,β-unsaturated/α-hetero) is 1. The van der Waals surface area contributed by atoms with Crippen LogP contribution in [0.3, 0.4) is 0 Å². The minimum absolute atomic E-state index is 0.0292. The number of hydrogen-bond donors (Lipinski definition) is 1. The first kappa shape index (κ1) is 14.9. The van der Waals surface area contributed by atoms with Gasteiger partial charge in [0, 0.05) is 19.0 Å². The molecule has 1 aliphatic rings. The third-order valence-corrected chi connectivity index (χ3v) is 5.22. The van der Waals surface area contributed by atoms with Crippen LogP contribution in [0.5, 0.6) is 0 Å². The van der Waals surface area contributed by atoms with E-state index in [-0.39, 0.29) is 11.7 Å². The van der Waals surface area contributed by atoms with Crippen molar-refractivity contribution in [1.29, 1.82) is 5.26 Å². The molecular formula is C15H21N3OS. The van der Waals surface area contributed by atoms with E-state index in [4.69, 9.17) is 5.73 Å². The molecule has 1 aromatic rings. The number of rotatable bonds is 4. The molecule has 0 aromatic carbocycles. The number of anilines is 2. The predicted octanol–water partition coefficient (Wildman–Crippen LogP) is 3.28. The van der Waals surface area contributed by atoms with Gasteiger partial charge in [0.05, 0.1) is 10.6 Å². The number of nitrogen functional groups attached to an aromatic ring is 1. The van der Waals surface area contributed by atoms with Crippen molar-refractivity contribution in [3.63, 3.8) is 0 Å². The summed E-state index contributed by atoms with van der Waals surface area (Å²) in [4.78, 5) is 14.9. The van der Waals surface area contributed by atoms with Crippen molar-refractivity contribution in [2.24, 2.45) is 11.8 Å². The normalized spacial score (nSPS) is 18.6. The molecule has 2 rings (SSSR count). The lowest BCUT2D eigenvalue weighted by Crippen LogP contribution is -2.19. The zero-order valence-electron chi connectivity index (χ0n) is 12.3. The van der Waals surface area contributed by atoms with E-state index in [1.54, 1.807) is 0 Å². The fraction of sp³-hybridized carbons (Fsp3) is 0.600. The fourth-order valence-corrected chi connectivity index (χ4v) is 3.85. The number of nitrogens with zero attached hydrogens (tertiary/aromatic N) is 2. The van der Waals surface area contributed by atoms with E-state index < -0.39 is 0 Å². The largest absolute Gasteiger partial charge is 0.396 e. The van der Waals surface area contributed by atoms with Crippen LogP contribution in [0.15, 0.2) is 0 Å². The Hall–Kier alpha value is -1.54. The Morgan fingerprint density at radius 1 is 1.60 bits per heavy atom. The van der Waals surface area contributed by atoms with Crippen molar-refractivity contribution in [2.45, 2.75) is 33.6 Å². The summed E-state index contributed by atoms with van der Waals surface area (Å²) in [6.45, 7) is 7.81. The molecule has 1 aromatic heterocycles. The van der Waals surface area contributed by atoms with Gasteiger partial charge in [0.25, 0.3) is 0 Å². The zero-order chi connectivity index (χ0) is 14.9. The lowest BCUT2D eigenvalue weighted by Gasteiger charge is -2.16. The Bertz CT molecular complexity index is 556. The van der Waals surface area contributed by atoms with Gasteiger partial charge in [-0.05, 0) is 12.3 Å². The predicted molar refractivity (Wildman–Crippen MR) is 83.2 cm³/mol. The Morgan fingerprint density at radius 2 is 2.30 bits per heavy atom. The minimum Gasteiger partial charge on any atom is -0.396 e. The molecule has 1 atom stereocenters. The lowest BCUT2D eigenvalue weighted by atomic mass is 10.1. The standard InChI is InChI=1S/C15H21N3OS/c1-4-10-5-6-18(8-10)15-11(7-16)12(17)14(20-15)13(19)9(2)3/h9-10H,4-6,8,17H2,1-3H3. The highest BCUT2D eigenvalue weighted by Gasteiger charge is 2.29. The van der Waals surface area contributed by atoms with E-state index in [1.165, 1.54) is 11.3 Å². The monoisotopic (exact) mass is 291 g/mol. The molecule has 1 saturated heterocycles. The molecule has 1 aliphatic heterocycles. The first-order valence-corrected chi connectivity index (χ1v) is 7.92. The zero-order valence-corrected chi connectivity index (χ0v) is 13.1. The average molecular weight is 291 g/mol. The molecule has 20 heavy (non-hydrogen) atoms. The Labute approximate surface area is 124 Å². The average Bonchev–Trinajstić information content (AvgIpc) is 3.01. The molecule has 5 heteroatoms. The van der Waals surface area contributed by atoms with Crippen molar-refractivity contribution >= 4 is 27.8 Å². The maximum Gasteiger partial charge on any atom is 0.177 e. The number of hydrogen-bond acceptors (Lipinski definition) is 5. The van der Waals surface area contributed by atoms with Gasteiger partial charge in [-0.2, -0.15) is 5.26 Å². The molecule has 2 N–H and O–H groups in total. The van der Waals surface area contributed by atoms with Crippen LogP contribution in [0, 0.1) is 23.2 Å². The van der Waals surface area contributed by atoms with Crippen LogP contribution < -0.4 is 10.6 Å². The third kappa shape index (κ3) is 2.53. The highest BCUT2D eigenvalue weighted by atomic mass is 32.1. The van der Waals surface area contributed by atoms with Crippen molar-refractivity contribution in [2.75, 3.05) is 23.7 Å². The first-order valence-electron chi connectivity index (χ1n) is 7.11. The van der Waals surface area contributed by atoms with Crippen molar-refractivity contribution in [3.8, 4) is 6.07 Å². The maximum atomic E-state index is 12.2. The number of nitriles is 1. The summed E-state index contributed by atoms with van der Waals surface area (Å²) in [6, 6.07) is 2.18. The molecular weight excluding hydrogens is 270 g/mol. The van der Waals surface area contributed by atoms with Crippen LogP contribution >= 0.6 is 11.3 Å². The second-order valence-electron chi connectivity index (χ2n) is 5.66. The summed E-state index contributed by atoms with van der Waals surface area (Å²) in [7, 11) is 0. The van der Waals surface area contributed by atoms with Gasteiger partial charge in [-0.1, -0.05) is 27.2 Å². The molecule has 4 nitrogen and oxygen atoms in total. The molecule has 0 bridgehead atoms. The topological polar surface area (TPSA) is 70.1 Å². The van der Waals surface area contributed by atoms with E-state index in [2.05, 4.69) is 17.9 Å². The number of carbonyl (C=O) groups is 1. The Balaban J connectivity index is 2.37. The molecule has 2 heterocycles. The molecule has 0 aliphatic carbocycles. The summed E-state index contributed by atoms with van der Waals surface area (Å²) >= 11 is 1.39. The van der Waals surface area contributed by atoms with E-state index in [0.29, 0.717) is 22.0 Å². The van der Waals surface area contributed by atoms with Gasteiger partial charge >= 0.3 is 0 Å². The number of thiophene rings is 1. The van der Waals surface area contributed by atoms with Crippen LogP contribution in [-0.4, -0.2) is 18.9 Å². The summed E-state index contributed by atoms with van der Waals surface area (Å²) in [6.07, 6.45) is 2.30. The number of ketones is 1. The van der Waals surface area contributed by atoms with Crippen LogP contribution in [0.1, 0.15) is 48.8 Å². The van der Waals surface area contributed by atoms with Crippen LogP contribution in [0.2, 0.25) is 0 Å². The number of nitrogens with two attached hydrogens (primary N) is 1. The van der Waals surface area contributed by atoms with Gasteiger partial charge < -0.3 is 10.6 Å². The van der Waals surface area contributed by atoms with Gasteiger partial charge in [0.2, 0.25) is 0 Å². The van der Waals surface area contributed by atoms with E-state index in [0.717, 1.165) is 30.9 Å². The summed E-state index contributed by atoms with van der Waals surface area (Å²) < 4.78 is 0. The quantitative estimate of drug-likeness (QED) is 0.864. The molecule has 1 fully saturated rings. The SMILES string of the molecule is CCC1CCN(c2sc(C(=O)C(C)C)c(N)c2C#N)C1. The highest BCUT2D eigenvalue weighted by molar-refractivity contribution is 7.19. The number of carbonyl (C=O) groups excluding carboxylic acids is 1.